The Kier molecular flexibility index (Phi) is 5.21. The van der Waals surface area contributed by atoms with Crippen LogP contribution in [0.3, 0.4) is 0 Å². The molecule has 3 amide bonds. The van der Waals surface area contributed by atoms with Gasteiger partial charge in [-0.2, -0.15) is 5.26 Å². The van der Waals surface area contributed by atoms with E-state index in [4.69, 9.17) is 5.26 Å². The molecule has 0 radical (unpaired) electrons. The molecule has 1 aliphatic heterocycles. The second-order valence-corrected chi connectivity index (χ2v) is 7.99. The summed E-state index contributed by atoms with van der Waals surface area (Å²) < 4.78 is 52.8. The number of benzene rings is 2. The van der Waals surface area contributed by atoms with Crippen LogP contribution >= 0.6 is 0 Å². The van der Waals surface area contributed by atoms with Gasteiger partial charge in [0.25, 0.3) is 10.0 Å². The van der Waals surface area contributed by atoms with Crippen molar-refractivity contribution >= 4 is 27.6 Å². The van der Waals surface area contributed by atoms with Crippen molar-refractivity contribution in [1.29, 1.82) is 5.26 Å². The standard InChI is InChI=1S/C18H14F2N4O4S.2H2/c1-10(13-6-5-12(19)7-14(13)20)22-16(25)9-24-18(26)23-15-4-2-3-11(8-21)17(15)29(24,27)28;;/h2-7,10H,9H2,1H3,(H,22,25)(H,23,26);2*1H/t10-;;/m0../s1. The van der Waals surface area contributed by atoms with E-state index in [1.54, 1.807) is 6.07 Å². The molecular formula is C18H18F2N4O4S. The highest BCUT2D eigenvalue weighted by Gasteiger charge is 2.39. The lowest BCUT2D eigenvalue weighted by molar-refractivity contribution is -0.121. The van der Waals surface area contributed by atoms with Crippen molar-refractivity contribution in [2.24, 2.45) is 0 Å². The molecule has 3 rings (SSSR count). The van der Waals surface area contributed by atoms with Crippen LogP contribution in [0.15, 0.2) is 41.3 Å². The molecule has 29 heavy (non-hydrogen) atoms. The fourth-order valence-electron chi connectivity index (χ4n) is 2.90. The van der Waals surface area contributed by atoms with Crippen LogP contribution in [-0.2, 0) is 14.8 Å². The first-order valence-electron chi connectivity index (χ1n) is 8.26. The number of carbonyl (C=O) groups excluding carboxylic acids is 2. The van der Waals surface area contributed by atoms with Crippen molar-refractivity contribution in [1.82, 2.24) is 9.62 Å². The van der Waals surface area contributed by atoms with Gasteiger partial charge in [-0.25, -0.2) is 26.3 Å². The maximum atomic E-state index is 13.9. The normalized spacial score (nSPS) is 15.7. The molecule has 1 atom stereocenters. The van der Waals surface area contributed by atoms with E-state index in [0.717, 1.165) is 12.1 Å². The highest BCUT2D eigenvalue weighted by molar-refractivity contribution is 7.90. The summed E-state index contributed by atoms with van der Waals surface area (Å²) in [7, 11) is -4.47. The van der Waals surface area contributed by atoms with Gasteiger partial charge in [0.2, 0.25) is 5.91 Å². The summed E-state index contributed by atoms with van der Waals surface area (Å²) in [4.78, 5) is 24.1. The molecular weight excluding hydrogens is 406 g/mol. The first-order chi connectivity index (χ1) is 13.6. The second-order valence-electron chi connectivity index (χ2n) is 6.19. The Hall–Kier alpha value is -3.52. The minimum absolute atomic E-state index is 0. The highest BCUT2D eigenvalue weighted by Crippen LogP contribution is 2.32. The van der Waals surface area contributed by atoms with Crippen molar-refractivity contribution in [3.63, 3.8) is 0 Å². The van der Waals surface area contributed by atoms with Crippen LogP contribution in [0.4, 0.5) is 19.3 Å². The molecule has 0 saturated heterocycles. The number of hydrogen-bond donors (Lipinski definition) is 2. The van der Waals surface area contributed by atoms with E-state index in [-0.39, 0.29) is 19.7 Å². The molecule has 0 bridgehead atoms. The van der Waals surface area contributed by atoms with Crippen molar-refractivity contribution in [3.05, 3.63) is 59.2 Å². The Morgan fingerprint density at radius 2 is 2.07 bits per heavy atom. The number of nitrogens with zero attached hydrogens (tertiary/aromatic N) is 2. The van der Waals surface area contributed by atoms with Crippen LogP contribution in [0.5, 0.6) is 0 Å². The number of halogens is 2. The summed E-state index contributed by atoms with van der Waals surface area (Å²) in [6.07, 6.45) is 0. The SMILES string of the molecule is C[C@H](NC(=O)CN1C(=O)Nc2cccc(C#N)c2S1(=O)=O)c1ccc(F)cc1F.[HH].[HH]. The Morgan fingerprint density at radius 3 is 2.72 bits per heavy atom. The van der Waals surface area contributed by atoms with E-state index >= 15 is 0 Å². The third kappa shape index (κ3) is 3.74. The molecule has 0 aliphatic carbocycles. The first kappa shape index (κ1) is 20.2. The third-order valence-electron chi connectivity index (χ3n) is 4.25. The third-order valence-corrected chi connectivity index (χ3v) is 6.08. The number of nitriles is 1. The number of rotatable bonds is 4. The summed E-state index contributed by atoms with van der Waals surface area (Å²) in [5, 5.41) is 13.8. The van der Waals surface area contributed by atoms with Crippen LogP contribution in [0.2, 0.25) is 0 Å². The van der Waals surface area contributed by atoms with Gasteiger partial charge in [-0.15, -0.1) is 0 Å². The molecule has 0 unspecified atom stereocenters. The molecule has 2 aromatic rings. The Balaban J connectivity index is 0.00000240. The maximum Gasteiger partial charge on any atom is 0.336 e. The molecule has 2 aromatic carbocycles. The zero-order valence-corrected chi connectivity index (χ0v) is 15.8. The molecule has 2 N–H and O–H groups in total. The summed E-state index contributed by atoms with van der Waals surface area (Å²) in [5.41, 5.74) is -0.259. The predicted molar refractivity (Wildman–Crippen MR) is 101 cm³/mol. The average molecular weight is 424 g/mol. The molecule has 154 valence electrons. The van der Waals surface area contributed by atoms with Gasteiger partial charge in [0.15, 0.2) is 0 Å². The Morgan fingerprint density at radius 1 is 1.34 bits per heavy atom. The number of anilines is 1. The van der Waals surface area contributed by atoms with E-state index in [9.17, 15) is 26.8 Å². The molecule has 8 nitrogen and oxygen atoms in total. The van der Waals surface area contributed by atoms with Crippen LogP contribution in [0.1, 0.15) is 26.9 Å². The number of fused-ring (bicyclic) bond motifs is 1. The molecule has 0 fully saturated rings. The zero-order chi connectivity index (χ0) is 21.3. The van der Waals surface area contributed by atoms with Gasteiger partial charge in [-0.3, -0.25) is 4.79 Å². The van der Waals surface area contributed by atoms with Gasteiger partial charge in [-0.1, -0.05) is 12.1 Å². The maximum absolute atomic E-state index is 13.9. The number of hydrogen-bond acceptors (Lipinski definition) is 5. The van der Waals surface area contributed by atoms with Gasteiger partial charge in [0.1, 0.15) is 29.1 Å². The van der Waals surface area contributed by atoms with Crippen LogP contribution < -0.4 is 10.6 Å². The van der Waals surface area contributed by atoms with E-state index in [2.05, 4.69) is 10.6 Å². The molecule has 0 spiro atoms. The van der Waals surface area contributed by atoms with Crippen LogP contribution in [0, 0.1) is 23.0 Å². The molecule has 11 heteroatoms. The quantitative estimate of drug-likeness (QED) is 0.782. The van der Waals surface area contributed by atoms with Crippen molar-refractivity contribution in [2.45, 2.75) is 17.9 Å². The number of amides is 3. The molecule has 1 heterocycles. The number of carbonyl (C=O) groups is 2. The smallest absolute Gasteiger partial charge is 0.336 e. The van der Waals surface area contributed by atoms with Crippen molar-refractivity contribution in [3.8, 4) is 6.07 Å². The summed E-state index contributed by atoms with van der Waals surface area (Å²) >= 11 is 0. The Labute approximate surface area is 167 Å². The number of nitrogens with one attached hydrogen (secondary N) is 2. The van der Waals surface area contributed by atoms with Crippen molar-refractivity contribution in [2.75, 3.05) is 11.9 Å². The molecule has 0 aromatic heterocycles. The minimum Gasteiger partial charge on any atom is -0.348 e. The van der Waals surface area contributed by atoms with Gasteiger partial charge in [0.05, 0.1) is 17.3 Å². The van der Waals surface area contributed by atoms with Gasteiger partial charge in [-0.05, 0) is 25.1 Å². The van der Waals surface area contributed by atoms with E-state index in [0.29, 0.717) is 10.4 Å². The molecule has 0 saturated carbocycles. The predicted octanol–water partition coefficient (Wildman–Crippen LogP) is 2.74. The monoisotopic (exact) mass is 424 g/mol. The van der Waals surface area contributed by atoms with E-state index in [1.807, 2.05) is 0 Å². The van der Waals surface area contributed by atoms with Crippen LogP contribution in [0.25, 0.3) is 0 Å². The summed E-state index contributed by atoms with van der Waals surface area (Å²) in [5.74, 6) is -2.56. The van der Waals surface area contributed by atoms with Crippen molar-refractivity contribution < 1.29 is 29.6 Å². The topological polar surface area (TPSA) is 119 Å². The zero-order valence-electron chi connectivity index (χ0n) is 14.9. The fraction of sp³-hybridized carbons (Fsp3) is 0.167. The lowest BCUT2D eigenvalue weighted by atomic mass is 10.1. The van der Waals surface area contributed by atoms with E-state index < -0.39 is 51.1 Å². The number of urea groups is 1. The first-order valence-corrected chi connectivity index (χ1v) is 9.70. The summed E-state index contributed by atoms with van der Waals surface area (Å²) in [6, 6.07) is 6.57. The fourth-order valence-corrected chi connectivity index (χ4v) is 4.46. The Bertz CT molecular complexity index is 1170. The lowest BCUT2D eigenvalue weighted by Crippen LogP contribution is -2.49. The van der Waals surface area contributed by atoms with Gasteiger partial charge >= 0.3 is 6.03 Å². The largest absolute Gasteiger partial charge is 0.348 e. The van der Waals surface area contributed by atoms with Gasteiger partial charge < -0.3 is 10.6 Å². The average Bonchev–Trinajstić information content (AvgIpc) is 2.64. The minimum atomic E-state index is -4.47. The lowest BCUT2D eigenvalue weighted by Gasteiger charge is -2.29. The van der Waals surface area contributed by atoms with Crippen LogP contribution in [-0.4, -0.2) is 31.2 Å². The summed E-state index contributed by atoms with van der Waals surface area (Å²) in [6.45, 7) is 0.530. The van der Waals surface area contributed by atoms with E-state index in [1.165, 1.54) is 25.1 Å². The highest BCUT2D eigenvalue weighted by atomic mass is 32.2. The molecule has 1 aliphatic rings. The second kappa shape index (κ2) is 7.48. The van der Waals surface area contributed by atoms with Gasteiger partial charge in [0, 0.05) is 14.5 Å². The number of sulfonamides is 1.